The van der Waals surface area contributed by atoms with Crippen LogP contribution in [0.1, 0.15) is 10.4 Å². The van der Waals surface area contributed by atoms with Crippen molar-refractivity contribution in [2.45, 2.75) is 0 Å². The first-order valence-electron chi connectivity index (χ1n) is 6.08. The summed E-state index contributed by atoms with van der Waals surface area (Å²) in [6.45, 7) is 0. The fourth-order valence-corrected chi connectivity index (χ4v) is 2.10. The molecule has 0 aromatic heterocycles. The van der Waals surface area contributed by atoms with E-state index >= 15 is 0 Å². The normalized spacial score (nSPS) is 10.3. The van der Waals surface area contributed by atoms with Crippen LogP contribution in [0.15, 0.2) is 66.7 Å². The van der Waals surface area contributed by atoms with Crippen LogP contribution in [0.4, 0.5) is 0 Å². The predicted molar refractivity (Wildman–Crippen MR) is 75.9 cm³/mol. The lowest BCUT2D eigenvalue weighted by Crippen LogP contribution is -1.91. The van der Waals surface area contributed by atoms with E-state index in [1.165, 1.54) is 0 Å². The number of rotatable bonds is 3. The van der Waals surface area contributed by atoms with E-state index < -0.39 is 0 Å². The minimum Gasteiger partial charge on any atom is -0.457 e. The summed E-state index contributed by atoms with van der Waals surface area (Å²) in [5, 5.41) is 1.94. The van der Waals surface area contributed by atoms with Gasteiger partial charge in [-0.2, -0.15) is 0 Å². The lowest BCUT2D eigenvalue weighted by molar-refractivity contribution is 0.112. The van der Waals surface area contributed by atoms with Crippen molar-refractivity contribution in [3.05, 3.63) is 72.3 Å². The molecular formula is C17H12O2. The van der Waals surface area contributed by atoms with Gasteiger partial charge in [0.05, 0.1) is 5.56 Å². The molecule has 3 aromatic carbocycles. The Kier molecular flexibility index (Phi) is 2.99. The van der Waals surface area contributed by atoms with Gasteiger partial charge in [0.15, 0.2) is 6.29 Å². The largest absolute Gasteiger partial charge is 0.457 e. The molecule has 0 heterocycles. The highest BCUT2D eigenvalue weighted by atomic mass is 16.5. The summed E-state index contributed by atoms with van der Waals surface area (Å²) >= 11 is 0. The van der Waals surface area contributed by atoms with Crippen molar-refractivity contribution in [1.82, 2.24) is 0 Å². The molecule has 0 fully saturated rings. The van der Waals surface area contributed by atoms with Crippen molar-refractivity contribution in [1.29, 1.82) is 0 Å². The van der Waals surface area contributed by atoms with Crippen molar-refractivity contribution < 1.29 is 9.53 Å². The average molecular weight is 248 g/mol. The van der Waals surface area contributed by atoms with Gasteiger partial charge in [-0.25, -0.2) is 0 Å². The molecule has 0 unspecified atom stereocenters. The maximum Gasteiger partial charge on any atom is 0.154 e. The number of carbonyl (C=O) groups is 1. The first-order chi connectivity index (χ1) is 9.38. The summed E-state index contributed by atoms with van der Waals surface area (Å²) in [4.78, 5) is 11.4. The summed E-state index contributed by atoms with van der Waals surface area (Å²) in [6, 6.07) is 21.0. The van der Waals surface area contributed by atoms with Crippen LogP contribution in [0.25, 0.3) is 10.8 Å². The van der Waals surface area contributed by atoms with Gasteiger partial charge < -0.3 is 4.74 Å². The third-order valence-electron chi connectivity index (χ3n) is 3.02. The average Bonchev–Trinajstić information content (AvgIpc) is 2.48. The van der Waals surface area contributed by atoms with Crippen molar-refractivity contribution in [3.63, 3.8) is 0 Å². The Morgan fingerprint density at radius 1 is 0.789 bits per heavy atom. The second-order valence-electron chi connectivity index (χ2n) is 4.23. The maximum atomic E-state index is 11.4. The minimum atomic E-state index is 0.583. The van der Waals surface area contributed by atoms with E-state index in [0.29, 0.717) is 11.3 Å². The van der Waals surface area contributed by atoms with Crippen molar-refractivity contribution in [3.8, 4) is 11.5 Å². The Hall–Kier alpha value is -2.61. The van der Waals surface area contributed by atoms with Crippen LogP contribution in [0.5, 0.6) is 11.5 Å². The van der Waals surface area contributed by atoms with E-state index in [2.05, 4.69) is 0 Å². The molecule has 0 atom stereocenters. The zero-order chi connectivity index (χ0) is 13.1. The highest BCUT2D eigenvalue weighted by Crippen LogP contribution is 2.30. The van der Waals surface area contributed by atoms with Crippen LogP contribution in [0.2, 0.25) is 0 Å². The molecule has 0 aliphatic carbocycles. The van der Waals surface area contributed by atoms with E-state index in [9.17, 15) is 4.79 Å². The third kappa shape index (κ3) is 2.20. The molecule has 0 aliphatic heterocycles. The van der Waals surface area contributed by atoms with Gasteiger partial charge in [0.25, 0.3) is 0 Å². The molecule has 0 bridgehead atoms. The summed E-state index contributed by atoms with van der Waals surface area (Å²) in [7, 11) is 0. The summed E-state index contributed by atoms with van der Waals surface area (Å²) in [6.07, 6.45) is 0.848. The predicted octanol–water partition coefficient (Wildman–Crippen LogP) is 4.44. The number of hydrogen-bond donors (Lipinski definition) is 0. The monoisotopic (exact) mass is 248 g/mol. The van der Waals surface area contributed by atoms with E-state index in [1.807, 2.05) is 66.7 Å². The highest BCUT2D eigenvalue weighted by Gasteiger charge is 2.08. The minimum absolute atomic E-state index is 0.583. The number of fused-ring (bicyclic) bond motifs is 1. The summed E-state index contributed by atoms with van der Waals surface area (Å²) in [5.41, 5.74) is 0.585. The number of para-hydroxylation sites is 1. The van der Waals surface area contributed by atoms with E-state index in [4.69, 9.17) is 4.74 Å². The van der Waals surface area contributed by atoms with Gasteiger partial charge in [0, 0.05) is 0 Å². The van der Waals surface area contributed by atoms with Crippen LogP contribution in [-0.4, -0.2) is 6.29 Å². The van der Waals surface area contributed by atoms with Gasteiger partial charge in [-0.15, -0.1) is 0 Å². The van der Waals surface area contributed by atoms with E-state index in [-0.39, 0.29) is 0 Å². The van der Waals surface area contributed by atoms with Crippen LogP contribution in [-0.2, 0) is 0 Å². The van der Waals surface area contributed by atoms with Crippen LogP contribution < -0.4 is 4.74 Å². The molecule has 19 heavy (non-hydrogen) atoms. The molecule has 0 aliphatic rings. The molecule has 0 radical (unpaired) electrons. The first-order valence-corrected chi connectivity index (χ1v) is 6.08. The SMILES string of the molecule is O=Cc1c(Oc2ccccc2)ccc2ccccc12. The van der Waals surface area contributed by atoms with Gasteiger partial charge in [-0.1, -0.05) is 48.5 Å². The van der Waals surface area contributed by atoms with Crippen LogP contribution in [0, 0.1) is 0 Å². The molecule has 2 heteroatoms. The molecule has 0 saturated carbocycles. The lowest BCUT2D eigenvalue weighted by atomic mass is 10.0. The van der Waals surface area contributed by atoms with Gasteiger partial charge in [-0.3, -0.25) is 4.79 Å². The number of benzene rings is 3. The van der Waals surface area contributed by atoms with Gasteiger partial charge in [-0.05, 0) is 29.0 Å². The molecule has 2 nitrogen and oxygen atoms in total. The molecule has 3 aromatic rings. The smallest absolute Gasteiger partial charge is 0.154 e. The molecular weight excluding hydrogens is 236 g/mol. The van der Waals surface area contributed by atoms with Crippen molar-refractivity contribution >= 4 is 17.1 Å². The highest BCUT2D eigenvalue weighted by molar-refractivity contribution is 6.00. The van der Waals surface area contributed by atoms with Crippen molar-refractivity contribution in [2.75, 3.05) is 0 Å². The zero-order valence-corrected chi connectivity index (χ0v) is 10.2. The molecule has 3 rings (SSSR count). The van der Waals surface area contributed by atoms with Crippen LogP contribution in [0.3, 0.4) is 0 Å². The summed E-state index contributed by atoms with van der Waals surface area (Å²) < 4.78 is 5.78. The maximum absolute atomic E-state index is 11.4. The van der Waals surface area contributed by atoms with Gasteiger partial charge >= 0.3 is 0 Å². The molecule has 0 N–H and O–H groups in total. The number of aldehydes is 1. The Bertz CT molecular complexity index is 718. The Morgan fingerprint density at radius 2 is 1.53 bits per heavy atom. The number of hydrogen-bond acceptors (Lipinski definition) is 2. The molecule has 0 spiro atoms. The molecule has 0 saturated heterocycles. The quantitative estimate of drug-likeness (QED) is 0.640. The van der Waals surface area contributed by atoms with Crippen LogP contribution >= 0.6 is 0 Å². The number of carbonyl (C=O) groups excluding carboxylic acids is 1. The Morgan fingerprint density at radius 3 is 2.32 bits per heavy atom. The molecule has 92 valence electrons. The Labute approximate surface area is 111 Å². The Balaban J connectivity index is 2.11. The van der Waals surface area contributed by atoms with Gasteiger partial charge in [0.1, 0.15) is 11.5 Å². The van der Waals surface area contributed by atoms with Gasteiger partial charge in [0.2, 0.25) is 0 Å². The third-order valence-corrected chi connectivity index (χ3v) is 3.02. The topological polar surface area (TPSA) is 26.3 Å². The van der Waals surface area contributed by atoms with E-state index in [1.54, 1.807) is 0 Å². The fraction of sp³-hybridized carbons (Fsp3) is 0. The fourth-order valence-electron chi connectivity index (χ4n) is 2.10. The van der Waals surface area contributed by atoms with E-state index in [0.717, 1.165) is 22.8 Å². The second kappa shape index (κ2) is 4.94. The summed E-state index contributed by atoms with van der Waals surface area (Å²) in [5.74, 6) is 1.31. The molecule has 0 amide bonds. The lowest BCUT2D eigenvalue weighted by Gasteiger charge is -2.10. The number of ether oxygens (including phenoxy) is 1. The second-order valence-corrected chi connectivity index (χ2v) is 4.23. The standard InChI is InChI=1S/C17H12O2/c18-12-16-15-9-5-4-6-13(15)10-11-17(16)19-14-7-2-1-3-8-14/h1-12H. The van der Waals surface area contributed by atoms with Crippen molar-refractivity contribution in [2.24, 2.45) is 0 Å². The zero-order valence-electron chi connectivity index (χ0n) is 10.2. The first kappa shape index (κ1) is 11.5.